The lowest BCUT2D eigenvalue weighted by Crippen LogP contribution is -2.04. The highest BCUT2D eigenvalue weighted by molar-refractivity contribution is 7.97. The summed E-state index contributed by atoms with van der Waals surface area (Å²) in [4.78, 5) is 12.5. The molecule has 0 aliphatic carbocycles. The van der Waals surface area contributed by atoms with Gasteiger partial charge in [0.25, 0.3) is 0 Å². The van der Waals surface area contributed by atoms with E-state index in [1.807, 2.05) is 6.07 Å². The minimum atomic E-state index is -0.294. The highest BCUT2D eigenvalue weighted by Crippen LogP contribution is 2.13. The van der Waals surface area contributed by atoms with Crippen molar-refractivity contribution in [2.24, 2.45) is 0 Å². The lowest BCUT2D eigenvalue weighted by Gasteiger charge is -2.03. The number of hydrogen-bond acceptors (Lipinski definition) is 3. The van der Waals surface area contributed by atoms with E-state index < -0.39 is 0 Å². The Morgan fingerprint density at radius 2 is 1.86 bits per heavy atom. The van der Waals surface area contributed by atoms with E-state index in [0.29, 0.717) is 11.3 Å². The fourth-order valence-electron chi connectivity index (χ4n) is 1.17. The Bertz CT molecular complexity index is 453. The number of thiol groups is 1. The summed E-state index contributed by atoms with van der Waals surface area (Å²) in [6.45, 7) is 0. The number of benzene rings is 1. The molecule has 1 heterocycles. The van der Waals surface area contributed by atoms with Crippen LogP contribution in [0, 0.1) is 0 Å². The Morgan fingerprint density at radius 1 is 1.21 bits per heavy atom. The maximum absolute atomic E-state index is 11.2. The Morgan fingerprint density at radius 3 is 2.50 bits per heavy atom. The number of carbonyl (C=O) groups is 1. The molecule has 1 aromatic carbocycles. The van der Waals surface area contributed by atoms with Crippen LogP contribution in [0.3, 0.4) is 0 Å². The van der Waals surface area contributed by atoms with Gasteiger partial charge in [-0.2, -0.15) is 15.0 Å². The first kappa shape index (κ1) is 8.96. The van der Waals surface area contributed by atoms with E-state index in [1.165, 1.54) is 4.80 Å². The van der Waals surface area contributed by atoms with Gasteiger partial charge in [0.05, 0.1) is 23.6 Å². The summed E-state index contributed by atoms with van der Waals surface area (Å²) in [5.74, 6) is 0. The van der Waals surface area contributed by atoms with Gasteiger partial charge in [-0.15, -0.1) is 12.6 Å². The predicted molar refractivity (Wildman–Crippen MR) is 54.7 cm³/mol. The van der Waals surface area contributed by atoms with E-state index in [2.05, 4.69) is 22.8 Å². The second kappa shape index (κ2) is 3.63. The van der Waals surface area contributed by atoms with E-state index in [0.717, 1.165) is 0 Å². The molecule has 0 aliphatic heterocycles. The maximum atomic E-state index is 11.2. The molecule has 0 aliphatic rings. The Labute approximate surface area is 86.0 Å². The molecule has 0 bridgehead atoms. The molecule has 2 aromatic rings. The number of nitrogens with zero attached hydrogens (tertiary/aromatic N) is 3. The molecule has 4 nitrogen and oxygen atoms in total. The molecule has 5 heteroatoms. The van der Waals surface area contributed by atoms with E-state index in [4.69, 9.17) is 0 Å². The van der Waals surface area contributed by atoms with Crippen molar-refractivity contribution in [3.05, 3.63) is 42.2 Å². The van der Waals surface area contributed by atoms with Crippen LogP contribution in [0.2, 0.25) is 0 Å². The number of rotatable bonds is 2. The molecule has 70 valence electrons. The predicted octanol–water partition coefficient (Wildman–Crippen LogP) is 1.34. The van der Waals surface area contributed by atoms with Crippen molar-refractivity contribution in [3.8, 4) is 5.69 Å². The highest BCUT2D eigenvalue weighted by Gasteiger charge is 2.09. The van der Waals surface area contributed by atoms with Crippen LogP contribution in [-0.4, -0.2) is 20.1 Å². The number of para-hydroxylation sites is 1. The topological polar surface area (TPSA) is 47.8 Å². The standard InChI is InChI=1S/C9H7N3OS/c13-9(14)7-3-1-2-4-8(7)12-10-5-6-11-12/h1-6H,(H,13,14). The molecule has 0 spiro atoms. The minimum Gasteiger partial charge on any atom is -0.282 e. The monoisotopic (exact) mass is 205 g/mol. The molecule has 0 amide bonds. The molecule has 0 saturated carbocycles. The summed E-state index contributed by atoms with van der Waals surface area (Å²) >= 11 is 3.78. The summed E-state index contributed by atoms with van der Waals surface area (Å²) < 4.78 is 0. The first-order valence-corrected chi connectivity index (χ1v) is 4.43. The normalized spacial score (nSPS) is 10.1. The Balaban J connectivity index is 2.58. The smallest absolute Gasteiger partial charge is 0.218 e. The van der Waals surface area contributed by atoms with Gasteiger partial charge >= 0.3 is 0 Å². The Kier molecular flexibility index (Phi) is 2.32. The number of hydrogen-bond donors (Lipinski definition) is 1. The van der Waals surface area contributed by atoms with Gasteiger partial charge in [-0.25, -0.2) is 0 Å². The zero-order valence-electron chi connectivity index (χ0n) is 7.16. The molecule has 0 fully saturated rings. The van der Waals surface area contributed by atoms with Crippen molar-refractivity contribution in [2.45, 2.75) is 0 Å². The molecular weight excluding hydrogens is 198 g/mol. The van der Waals surface area contributed by atoms with Crippen LogP contribution in [0.25, 0.3) is 5.69 Å². The fraction of sp³-hybridized carbons (Fsp3) is 0. The molecule has 1 aromatic heterocycles. The molecule has 0 atom stereocenters. The highest BCUT2D eigenvalue weighted by atomic mass is 32.1. The van der Waals surface area contributed by atoms with E-state index >= 15 is 0 Å². The maximum Gasteiger partial charge on any atom is 0.218 e. The molecular formula is C9H7N3OS. The summed E-state index contributed by atoms with van der Waals surface area (Å²) in [5, 5.41) is 7.60. The summed E-state index contributed by atoms with van der Waals surface area (Å²) in [5.41, 5.74) is 1.13. The van der Waals surface area contributed by atoms with Crippen molar-refractivity contribution in [3.63, 3.8) is 0 Å². The van der Waals surface area contributed by atoms with Gasteiger partial charge in [-0.1, -0.05) is 12.1 Å². The number of aromatic nitrogens is 3. The molecule has 0 radical (unpaired) electrons. The van der Waals surface area contributed by atoms with Gasteiger partial charge in [0.1, 0.15) is 0 Å². The van der Waals surface area contributed by atoms with Crippen molar-refractivity contribution in [1.82, 2.24) is 15.0 Å². The first-order valence-electron chi connectivity index (χ1n) is 3.98. The lowest BCUT2D eigenvalue weighted by molar-refractivity contribution is 0.109. The first-order chi connectivity index (χ1) is 6.79. The third kappa shape index (κ3) is 1.54. The quantitative estimate of drug-likeness (QED) is 0.752. The average Bonchev–Trinajstić information content (AvgIpc) is 2.70. The number of carbonyl (C=O) groups excluding carboxylic acids is 1. The lowest BCUT2D eigenvalue weighted by atomic mass is 10.2. The van der Waals surface area contributed by atoms with E-state index in [-0.39, 0.29) is 5.12 Å². The van der Waals surface area contributed by atoms with Gasteiger partial charge in [0, 0.05) is 0 Å². The van der Waals surface area contributed by atoms with Crippen LogP contribution in [0.4, 0.5) is 0 Å². The van der Waals surface area contributed by atoms with Crippen LogP contribution >= 0.6 is 12.6 Å². The van der Waals surface area contributed by atoms with Gasteiger partial charge in [-0.05, 0) is 12.1 Å². The minimum absolute atomic E-state index is 0.294. The van der Waals surface area contributed by atoms with Gasteiger partial charge in [-0.3, -0.25) is 4.79 Å². The van der Waals surface area contributed by atoms with E-state index in [1.54, 1.807) is 30.6 Å². The van der Waals surface area contributed by atoms with E-state index in [9.17, 15) is 4.79 Å². The van der Waals surface area contributed by atoms with Crippen molar-refractivity contribution in [2.75, 3.05) is 0 Å². The van der Waals surface area contributed by atoms with Gasteiger partial charge in [0.15, 0.2) is 0 Å². The summed E-state index contributed by atoms with van der Waals surface area (Å²) in [6, 6.07) is 7.05. The average molecular weight is 205 g/mol. The van der Waals surface area contributed by atoms with Crippen LogP contribution in [-0.2, 0) is 0 Å². The van der Waals surface area contributed by atoms with Gasteiger partial charge < -0.3 is 0 Å². The zero-order valence-corrected chi connectivity index (χ0v) is 8.06. The van der Waals surface area contributed by atoms with Crippen LogP contribution in [0.5, 0.6) is 0 Å². The van der Waals surface area contributed by atoms with Crippen molar-refractivity contribution >= 4 is 17.7 Å². The largest absolute Gasteiger partial charge is 0.282 e. The SMILES string of the molecule is O=C(S)c1ccccc1-n1nccn1. The third-order valence-corrected chi connectivity index (χ3v) is 2.01. The van der Waals surface area contributed by atoms with Crippen molar-refractivity contribution < 1.29 is 4.79 Å². The molecule has 14 heavy (non-hydrogen) atoms. The second-order valence-electron chi connectivity index (χ2n) is 2.64. The molecule has 2 rings (SSSR count). The van der Waals surface area contributed by atoms with Gasteiger partial charge in [0.2, 0.25) is 5.12 Å². The van der Waals surface area contributed by atoms with Crippen LogP contribution in [0.15, 0.2) is 36.7 Å². The summed E-state index contributed by atoms with van der Waals surface area (Å²) in [6.07, 6.45) is 3.11. The molecule has 0 unspecified atom stereocenters. The molecule has 0 saturated heterocycles. The zero-order chi connectivity index (χ0) is 9.97. The fourth-order valence-corrected chi connectivity index (χ4v) is 1.36. The van der Waals surface area contributed by atoms with Crippen LogP contribution in [0.1, 0.15) is 10.4 Å². The van der Waals surface area contributed by atoms with Crippen LogP contribution < -0.4 is 0 Å². The third-order valence-electron chi connectivity index (χ3n) is 1.77. The summed E-state index contributed by atoms with van der Waals surface area (Å²) in [7, 11) is 0. The van der Waals surface area contributed by atoms with Crippen molar-refractivity contribution in [1.29, 1.82) is 0 Å². The Hall–Kier alpha value is -1.62. The molecule has 0 N–H and O–H groups in total. The second-order valence-corrected chi connectivity index (χ2v) is 3.05.